The van der Waals surface area contributed by atoms with Crippen LogP contribution in [0.2, 0.25) is 0 Å². The van der Waals surface area contributed by atoms with Gasteiger partial charge in [-0.15, -0.1) is 0 Å². The van der Waals surface area contributed by atoms with Crippen LogP contribution in [0.15, 0.2) is 42.5 Å². The van der Waals surface area contributed by atoms with E-state index in [4.69, 9.17) is 10.5 Å². The van der Waals surface area contributed by atoms with E-state index in [0.717, 1.165) is 34.5 Å². The molecule has 150 valence electrons. The molecular formula is C21H27N3O3S. The number of hydrogen-bond acceptors (Lipinski definition) is 4. The van der Waals surface area contributed by atoms with Gasteiger partial charge < -0.3 is 15.0 Å². The standard InChI is InChI=1S/C21H27N3O3S/c1-4-13-28(25,26)23-16-9-7-15(8-10-16)21-20(22)18-14-17(27-6-3)11-12-19(18)24(21)5-2/h7-12,14,23H,4-6,13,22H2,1-3H3. The van der Waals surface area contributed by atoms with Gasteiger partial charge in [0.05, 0.1) is 29.3 Å². The maximum Gasteiger partial charge on any atom is 0.232 e. The summed E-state index contributed by atoms with van der Waals surface area (Å²) >= 11 is 0. The number of benzene rings is 2. The van der Waals surface area contributed by atoms with Crippen LogP contribution >= 0.6 is 0 Å². The van der Waals surface area contributed by atoms with Crippen LogP contribution in [0.4, 0.5) is 11.4 Å². The van der Waals surface area contributed by atoms with Crippen molar-refractivity contribution in [1.82, 2.24) is 4.57 Å². The molecule has 0 amide bonds. The molecule has 3 aromatic rings. The molecule has 0 saturated heterocycles. The fourth-order valence-electron chi connectivity index (χ4n) is 3.45. The highest BCUT2D eigenvalue weighted by atomic mass is 32.2. The number of nitrogens with zero attached hydrogens (tertiary/aromatic N) is 1. The number of ether oxygens (including phenoxy) is 1. The number of rotatable bonds is 8. The van der Waals surface area contributed by atoms with E-state index >= 15 is 0 Å². The maximum atomic E-state index is 12.0. The Morgan fingerprint density at radius 1 is 1.07 bits per heavy atom. The van der Waals surface area contributed by atoms with Gasteiger partial charge in [0, 0.05) is 23.2 Å². The number of anilines is 2. The largest absolute Gasteiger partial charge is 0.494 e. The minimum Gasteiger partial charge on any atom is -0.494 e. The molecule has 0 aliphatic rings. The van der Waals surface area contributed by atoms with Gasteiger partial charge in [-0.1, -0.05) is 19.1 Å². The number of aryl methyl sites for hydroxylation is 1. The van der Waals surface area contributed by atoms with Gasteiger partial charge in [0.2, 0.25) is 10.0 Å². The Kier molecular flexibility index (Phi) is 5.84. The summed E-state index contributed by atoms with van der Waals surface area (Å²) in [6.07, 6.45) is 0.574. The average Bonchev–Trinajstić information content (AvgIpc) is 2.94. The Hall–Kier alpha value is -2.67. The second kappa shape index (κ2) is 8.14. The van der Waals surface area contributed by atoms with Crippen LogP contribution in [0.5, 0.6) is 5.75 Å². The third kappa shape index (κ3) is 3.94. The molecule has 0 radical (unpaired) electrons. The first-order valence-corrected chi connectivity index (χ1v) is 11.2. The summed E-state index contributed by atoms with van der Waals surface area (Å²) < 4.78 is 34.3. The number of nitrogen functional groups attached to an aromatic ring is 1. The van der Waals surface area contributed by atoms with Crippen molar-refractivity contribution in [3.8, 4) is 17.0 Å². The van der Waals surface area contributed by atoms with Crippen molar-refractivity contribution >= 4 is 32.3 Å². The number of hydrogen-bond donors (Lipinski definition) is 2. The minimum absolute atomic E-state index is 0.105. The zero-order valence-electron chi connectivity index (χ0n) is 16.5. The SMILES string of the molecule is CCCS(=O)(=O)Nc1ccc(-c2c(N)c3cc(OCC)ccc3n2CC)cc1. The molecule has 0 bridgehead atoms. The summed E-state index contributed by atoms with van der Waals surface area (Å²) in [7, 11) is -3.31. The number of nitrogens with one attached hydrogen (secondary N) is 1. The smallest absolute Gasteiger partial charge is 0.232 e. The van der Waals surface area contributed by atoms with Crippen LogP contribution < -0.4 is 15.2 Å². The fourth-order valence-corrected chi connectivity index (χ4v) is 4.59. The summed E-state index contributed by atoms with van der Waals surface area (Å²) in [5.41, 5.74) is 10.7. The lowest BCUT2D eigenvalue weighted by Gasteiger charge is -2.11. The zero-order chi connectivity index (χ0) is 20.3. The molecule has 0 spiro atoms. The van der Waals surface area contributed by atoms with Crippen molar-refractivity contribution in [2.75, 3.05) is 22.8 Å². The van der Waals surface area contributed by atoms with E-state index in [1.165, 1.54) is 0 Å². The highest BCUT2D eigenvalue weighted by Gasteiger charge is 2.17. The molecule has 3 N–H and O–H groups in total. The third-order valence-corrected chi connectivity index (χ3v) is 6.10. The Morgan fingerprint density at radius 3 is 2.39 bits per heavy atom. The summed E-state index contributed by atoms with van der Waals surface area (Å²) in [5.74, 6) is 0.899. The molecule has 0 saturated carbocycles. The molecule has 28 heavy (non-hydrogen) atoms. The van der Waals surface area contributed by atoms with Crippen molar-refractivity contribution in [3.63, 3.8) is 0 Å². The monoisotopic (exact) mass is 401 g/mol. The van der Waals surface area contributed by atoms with Crippen molar-refractivity contribution in [3.05, 3.63) is 42.5 Å². The minimum atomic E-state index is -3.31. The van der Waals surface area contributed by atoms with Gasteiger partial charge in [0.25, 0.3) is 0 Å². The molecule has 2 aromatic carbocycles. The van der Waals surface area contributed by atoms with E-state index in [9.17, 15) is 8.42 Å². The van der Waals surface area contributed by atoms with Crippen molar-refractivity contribution in [1.29, 1.82) is 0 Å². The highest BCUT2D eigenvalue weighted by molar-refractivity contribution is 7.92. The Morgan fingerprint density at radius 2 is 1.79 bits per heavy atom. The number of aromatic nitrogens is 1. The molecule has 1 heterocycles. The maximum absolute atomic E-state index is 12.0. The Balaban J connectivity index is 2.02. The first kappa shape index (κ1) is 20.1. The van der Waals surface area contributed by atoms with Crippen LogP contribution in [0.25, 0.3) is 22.2 Å². The van der Waals surface area contributed by atoms with Crippen molar-refractivity contribution in [2.24, 2.45) is 0 Å². The number of sulfonamides is 1. The molecular weight excluding hydrogens is 374 g/mol. The van der Waals surface area contributed by atoms with Gasteiger partial charge >= 0.3 is 0 Å². The van der Waals surface area contributed by atoms with E-state index in [1.807, 2.05) is 44.2 Å². The highest BCUT2D eigenvalue weighted by Crippen LogP contribution is 2.38. The summed E-state index contributed by atoms with van der Waals surface area (Å²) in [5, 5.41) is 0.954. The van der Waals surface area contributed by atoms with Crippen LogP contribution in [0, 0.1) is 0 Å². The molecule has 1 aromatic heterocycles. The van der Waals surface area contributed by atoms with E-state index in [-0.39, 0.29) is 5.75 Å². The van der Waals surface area contributed by atoms with E-state index in [1.54, 1.807) is 12.1 Å². The van der Waals surface area contributed by atoms with E-state index in [2.05, 4.69) is 16.2 Å². The lowest BCUT2D eigenvalue weighted by atomic mass is 10.1. The van der Waals surface area contributed by atoms with Gasteiger partial charge in [0.15, 0.2) is 0 Å². The third-order valence-electron chi connectivity index (χ3n) is 4.61. The van der Waals surface area contributed by atoms with Crippen LogP contribution in [0.1, 0.15) is 27.2 Å². The topological polar surface area (TPSA) is 86.3 Å². The molecule has 0 atom stereocenters. The predicted octanol–water partition coefficient (Wildman–Crippen LogP) is 4.46. The van der Waals surface area contributed by atoms with Crippen LogP contribution in [-0.4, -0.2) is 25.3 Å². The fraction of sp³-hybridized carbons (Fsp3) is 0.333. The Labute approximate surface area is 166 Å². The van der Waals surface area contributed by atoms with Crippen LogP contribution in [0.3, 0.4) is 0 Å². The molecule has 0 fully saturated rings. The second-order valence-electron chi connectivity index (χ2n) is 6.62. The van der Waals surface area contributed by atoms with Crippen molar-refractivity contribution in [2.45, 2.75) is 33.7 Å². The Bertz CT molecular complexity index is 1070. The summed E-state index contributed by atoms with van der Waals surface area (Å²) in [6.45, 7) is 7.23. The van der Waals surface area contributed by atoms with Gasteiger partial charge in [-0.3, -0.25) is 4.72 Å². The lowest BCUT2D eigenvalue weighted by molar-refractivity contribution is 0.340. The quantitative estimate of drug-likeness (QED) is 0.583. The number of nitrogens with two attached hydrogens (primary N) is 1. The van der Waals surface area contributed by atoms with Gasteiger partial charge in [0.1, 0.15) is 5.75 Å². The van der Waals surface area contributed by atoms with Crippen LogP contribution in [-0.2, 0) is 16.6 Å². The van der Waals surface area contributed by atoms with Gasteiger partial charge in [-0.25, -0.2) is 8.42 Å². The first-order chi connectivity index (χ1) is 13.4. The van der Waals surface area contributed by atoms with Crippen molar-refractivity contribution < 1.29 is 13.2 Å². The predicted molar refractivity (Wildman–Crippen MR) is 116 cm³/mol. The summed E-state index contributed by atoms with van der Waals surface area (Å²) in [4.78, 5) is 0. The number of fused-ring (bicyclic) bond motifs is 1. The molecule has 6 nitrogen and oxygen atoms in total. The molecule has 0 aliphatic carbocycles. The normalized spacial score (nSPS) is 11.7. The first-order valence-electron chi connectivity index (χ1n) is 9.55. The summed E-state index contributed by atoms with van der Waals surface area (Å²) in [6, 6.07) is 13.3. The molecule has 7 heteroatoms. The average molecular weight is 402 g/mol. The van der Waals surface area contributed by atoms with Gasteiger partial charge in [-0.05, 0) is 50.6 Å². The van der Waals surface area contributed by atoms with E-state index in [0.29, 0.717) is 24.4 Å². The molecule has 0 aliphatic heterocycles. The molecule has 0 unspecified atom stereocenters. The van der Waals surface area contributed by atoms with Gasteiger partial charge in [-0.2, -0.15) is 0 Å². The second-order valence-corrected chi connectivity index (χ2v) is 8.46. The van der Waals surface area contributed by atoms with E-state index < -0.39 is 10.0 Å². The molecule has 3 rings (SSSR count). The zero-order valence-corrected chi connectivity index (χ0v) is 17.3. The lowest BCUT2D eigenvalue weighted by Crippen LogP contribution is -2.15.